The summed E-state index contributed by atoms with van der Waals surface area (Å²) >= 11 is 0. The maximum atomic E-state index is 14.3. The zero-order valence-corrected chi connectivity index (χ0v) is 21.4. The molecule has 36 heavy (non-hydrogen) atoms. The molecule has 0 amide bonds. The van der Waals surface area contributed by atoms with Gasteiger partial charge in [-0.05, 0) is 74.1 Å². The Morgan fingerprint density at radius 1 is 1.31 bits per heavy atom. The lowest BCUT2D eigenvalue weighted by molar-refractivity contribution is -0.172. The Kier molecular flexibility index (Phi) is 6.83. The number of halogens is 1. The van der Waals surface area contributed by atoms with Gasteiger partial charge in [0, 0.05) is 37.9 Å². The number of fused-ring (bicyclic) bond motifs is 2. The highest BCUT2D eigenvalue weighted by Gasteiger charge is 2.47. The summed E-state index contributed by atoms with van der Waals surface area (Å²) in [4.78, 5) is 22.8. The molecule has 2 aromatic carbocycles. The first-order chi connectivity index (χ1) is 18.8. The summed E-state index contributed by atoms with van der Waals surface area (Å²) in [5.74, 6) is -1.49. The van der Waals surface area contributed by atoms with Crippen molar-refractivity contribution in [2.75, 3.05) is 33.9 Å². The maximum absolute atomic E-state index is 14.3. The van der Waals surface area contributed by atoms with Crippen molar-refractivity contribution in [3.05, 3.63) is 65.2 Å². The van der Waals surface area contributed by atoms with Gasteiger partial charge in [-0.1, -0.05) is 32.0 Å². The van der Waals surface area contributed by atoms with Crippen molar-refractivity contribution >= 4 is 17.0 Å². The number of rotatable bonds is 11. The molecule has 0 bridgehead atoms. The highest BCUT2D eigenvalue weighted by molar-refractivity contribution is 5.74. The topological polar surface area (TPSA) is 67.5 Å². The lowest BCUT2D eigenvalue weighted by Gasteiger charge is -2.47. The summed E-state index contributed by atoms with van der Waals surface area (Å²) in [6.07, 6.45) is -3.74. The molecule has 0 radical (unpaired) electrons. The SMILES string of the molecule is [2H]C1([2H])c2cc(F)ccc2C(C(C)C)C(CCN(C)CCCc2nc3ccccc3[nH]2)(OC(=O)COC)C1([2H])[2H]. The van der Waals surface area contributed by atoms with Crippen molar-refractivity contribution in [2.24, 2.45) is 5.92 Å². The number of nitrogens with zero attached hydrogens (tertiary/aromatic N) is 2. The fraction of sp³-hybridized carbons (Fsp3) is 0.517. The van der Waals surface area contributed by atoms with Crippen LogP contribution in [0.25, 0.3) is 11.0 Å². The summed E-state index contributed by atoms with van der Waals surface area (Å²) < 4.78 is 61.2. The van der Waals surface area contributed by atoms with Gasteiger partial charge in [-0.2, -0.15) is 0 Å². The number of H-pyrrole nitrogens is 1. The summed E-state index contributed by atoms with van der Waals surface area (Å²) in [7, 11) is 3.25. The predicted molar refractivity (Wildman–Crippen MR) is 140 cm³/mol. The smallest absolute Gasteiger partial charge is 0.332 e. The van der Waals surface area contributed by atoms with E-state index in [0.29, 0.717) is 18.7 Å². The number of para-hydroxylation sites is 2. The Bertz CT molecular complexity index is 1320. The van der Waals surface area contributed by atoms with E-state index in [1.807, 2.05) is 50.1 Å². The van der Waals surface area contributed by atoms with E-state index in [-0.39, 0.29) is 17.9 Å². The second kappa shape index (κ2) is 11.5. The highest BCUT2D eigenvalue weighted by atomic mass is 19.1. The van der Waals surface area contributed by atoms with Crippen LogP contribution >= 0.6 is 0 Å². The molecular weight excluding hydrogens is 457 g/mol. The number of carbonyl (C=O) groups is 1. The third kappa shape index (κ3) is 5.95. The second-order valence-corrected chi connectivity index (χ2v) is 9.86. The first-order valence-electron chi connectivity index (χ1n) is 14.5. The minimum absolute atomic E-state index is 0.0375. The first kappa shape index (κ1) is 21.3. The second-order valence-electron chi connectivity index (χ2n) is 9.86. The van der Waals surface area contributed by atoms with Gasteiger partial charge in [0.25, 0.3) is 0 Å². The first-order valence-corrected chi connectivity index (χ1v) is 12.5. The van der Waals surface area contributed by atoms with E-state index in [4.69, 9.17) is 15.0 Å². The monoisotopic (exact) mass is 499 g/mol. The molecule has 0 spiro atoms. The van der Waals surface area contributed by atoms with Gasteiger partial charge in [-0.25, -0.2) is 14.2 Å². The number of benzene rings is 2. The summed E-state index contributed by atoms with van der Waals surface area (Å²) in [5, 5.41) is 0. The average Bonchev–Trinajstić information content (AvgIpc) is 3.30. The molecule has 194 valence electrons. The molecule has 1 heterocycles. The van der Waals surface area contributed by atoms with Crippen LogP contribution in [0.4, 0.5) is 4.39 Å². The molecular formula is C29H38FN3O3. The Labute approximate surface area is 218 Å². The molecule has 2 unspecified atom stereocenters. The van der Waals surface area contributed by atoms with Crippen LogP contribution in [0.5, 0.6) is 0 Å². The Morgan fingerprint density at radius 2 is 2.11 bits per heavy atom. The lowest BCUT2D eigenvalue weighted by atomic mass is 9.65. The molecule has 0 aliphatic heterocycles. The molecule has 1 aromatic heterocycles. The molecule has 0 saturated carbocycles. The number of aromatic nitrogens is 2. The molecule has 7 heteroatoms. The van der Waals surface area contributed by atoms with E-state index in [1.165, 1.54) is 19.2 Å². The zero-order valence-electron chi connectivity index (χ0n) is 25.4. The zero-order chi connectivity index (χ0) is 29.3. The van der Waals surface area contributed by atoms with E-state index in [2.05, 4.69) is 9.97 Å². The number of esters is 1. The summed E-state index contributed by atoms with van der Waals surface area (Å²) in [5.41, 5.74) is 0.444. The molecule has 1 aliphatic carbocycles. The molecule has 4 rings (SSSR count). The summed E-state index contributed by atoms with van der Waals surface area (Å²) in [6.45, 7) is 4.38. The fourth-order valence-corrected chi connectivity index (χ4v) is 5.13. The number of carbonyl (C=O) groups excluding carboxylic acids is 1. The molecule has 0 saturated heterocycles. The van der Waals surface area contributed by atoms with E-state index in [1.54, 1.807) is 0 Å². The molecule has 0 fully saturated rings. The van der Waals surface area contributed by atoms with Gasteiger partial charge in [0.15, 0.2) is 0 Å². The van der Waals surface area contributed by atoms with Gasteiger partial charge in [-0.3, -0.25) is 0 Å². The van der Waals surface area contributed by atoms with Gasteiger partial charge >= 0.3 is 5.97 Å². The quantitative estimate of drug-likeness (QED) is 0.364. The third-order valence-electron chi connectivity index (χ3n) is 6.74. The van der Waals surface area contributed by atoms with E-state index < -0.39 is 42.7 Å². The van der Waals surface area contributed by atoms with Crippen LogP contribution in [0.3, 0.4) is 0 Å². The van der Waals surface area contributed by atoms with Crippen LogP contribution in [0.2, 0.25) is 0 Å². The Morgan fingerprint density at radius 3 is 2.86 bits per heavy atom. The van der Waals surface area contributed by atoms with Gasteiger partial charge in [0.05, 0.1) is 11.0 Å². The van der Waals surface area contributed by atoms with Crippen molar-refractivity contribution in [3.63, 3.8) is 0 Å². The van der Waals surface area contributed by atoms with Crippen LogP contribution in [0.15, 0.2) is 42.5 Å². The predicted octanol–water partition coefficient (Wildman–Crippen LogP) is 5.27. The minimum atomic E-state index is -2.67. The standard InChI is InChI=1S/C29H38FN3O3/c1-20(2)28-23-12-11-22(30)18-21(23)13-14-29(28,36-27(34)19-35-4)15-17-33(3)16-7-10-26-31-24-8-5-6-9-25(24)32-26/h5-6,8-9,11-12,18,20,28H,7,10,13-17,19H2,1-4H3,(H,31,32)/i13D2,14D2. The number of ether oxygens (including phenoxy) is 2. The van der Waals surface area contributed by atoms with Crippen LogP contribution in [0, 0.1) is 11.7 Å². The average molecular weight is 500 g/mol. The molecule has 2 atom stereocenters. The minimum Gasteiger partial charge on any atom is -0.457 e. The van der Waals surface area contributed by atoms with E-state index in [9.17, 15) is 9.18 Å². The van der Waals surface area contributed by atoms with Gasteiger partial charge < -0.3 is 19.4 Å². The highest BCUT2D eigenvalue weighted by Crippen LogP contribution is 2.48. The normalized spacial score (nSPS) is 24.1. The molecule has 3 aromatic rings. The molecule has 1 aliphatic rings. The Balaban J connectivity index is 1.61. The van der Waals surface area contributed by atoms with Crippen molar-refractivity contribution in [1.29, 1.82) is 0 Å². The van der Waals surface area contributed by atoms with Crippen molar-refractivity contribution in [1.82, 2.24) is 14.9 Å². The number of aromatic amines is 1. The largest absolute Gasteiger partial charge is 0.457 e. The lowest BCUT2D eigenvalue weighted by Crippen LogP contribution is -2.49. The van der Waals surface area contributed by atoms with Crippen molar-refractivity contribution in [2.45, 2.75) is 57.4 Å². The number of imidazole rings is 1. The maximum Gasteiger partial charge on any atom is 0.332 e. The molecule has 1 N–H and O–H groups in total. The van der Waals surface area contributed by atoms with E-state index >= 15 is 0 Å². The summed E-state index contributed by atoms with van der Waals surface area (Å²) in [6, 6.07) is 11.7. The van der Waals surface area contributed by atoms with Crippen LogP contribution in [-0.4, -0.2) is 60.3 Å². The van der Waals surface area contributed by atoms with Crippen LogP contribution < -0.4 is 0 Å². The number of hydrogen-bond donors (Lipinski definition) is 1. The van der Waals surface area contributed by atoms with E-state index in [0.717, 1.165) is 35.8 Å². The van der Waals surface area contributed by atoms with Crippen molar-refractivity contribution < 1.29 is 24.1 Å². The molecule has 6 nitrogen and oxygen atoms in total. The fourth-order valence-electron chi connectivity index (χ4n) is 5.13. The van der Waals surface area contributed by atoms with Crippen LogP contribution in [-0.2, 0) is 27.1 Å². The number of hydrogen-bond acceptors (Lipinski definition) is 5. The van der Waals surface area contributed by atoms with Crippen LogP contribution in [0.1, 0.15) is 61.4 Å². The Hall–Kier alpha value is -2.77. The number of nitrogens with one attached hydrogen (secondary N) is 1. The third-order valence-corrected chi connectivity index (χ3v) is 6.74. The number of aryl methyl sites for hydroxylation is 2. The van der Waals surface area contributed by atoms with Crippen molar-refractivity contribution in [3.8, 4) is 0 Å². The van der Waals surface area contributed by atoms with Gasteiger partial charge in [-0.15, -0.1) is 0 Å². The number of methoxy groups -OCH3 is 1. The van der Waals surface area contributed by atoms with Gasteiger partial charge in [0.2, 0.25) is 0 Å². The van der Waals surface area contributed by atoms with Gasteiger partial charge in [0.1, 0.15) is 23.8 Å².